The summed E-state index contributed by atoms with van der Waals surface area (Å²) in [6, 6.07) is 12.6. The summed E-state index contributed by atoms with van der Waals surface area (Å²) in [7, 11) is 5.71. The molecule has 4 nitrogen and oxygen atoms in total. The van der Waals surface area contributed by atoms with Crippen molar-refractivity contribution in [2.45, 2.75) is 38.8 Å². The third-order valence-electron chi connectivity index (χ3n) is 5.18. The van der Waals surface area contributed by atoms with Gasteiger partial charge in [0.05, 0.1) is 7.11 Å². The zero-order valence-electron chi connectivity index (χ0n) is 17.8. The number of rotatable bonds is 10. The summed E-state index contributed by atoms with van der Waals surface area (Å²) in [4.78, 5) is 4.27. The minimum atomic E-state index is -0.0555. The molecule has 1 unspecified atom stereocenters. The maximum atomic E-state index is 5.99. The Morgan fingerprint density at radius 1 is 1.07 bits per heavy atom. The quantitative estimate of drug-likeness (QED) is 0.318. The van der Waals surface area contributed by atoms with Gasteiger partial charge in [0, 0.05) is 31.1 Å². The molecule has 0 radical (unpaired) electrons. The van der Waals surface area contributed by atoms with Gasteiger partial charge in [-0.05, 0) is 42.3 Å². The standard InChI is InChI=1S/C23H32NO3P/c1-7-23(8-2,28-22-17(3)11-9-12-18(22)15-24-4)19-13-10-14-20(26-6)21(19)27-16-25-5/h9-15,28H,7-8,16H2,1-6H3/b24-15+. The lowest BCUT2D eigenvalue weighted by molar-refractivity contribution is 0.0479. The van der Waals surface area contributed by atoms with Crippen LogP contribution in [0.4, 0.5) is 0 Å². The van der Waals surface area contributed by atoms with E-state index in [1.807, 2.05) is 25.4 Å². The molecule has 0 aliphatic carbocycles. The summed E-state index contributed by atoms with van der Waals surface area (Å²) < 4.78 is 16.8. The SMILES string of the molecule is CCC(CC)(Pc1c(C)cccc1/C=N/C)c1cccc(OC)c1OCOC. The fourth-order valence-corrected chi connectivity index (χ4v) is 5.28. The van der Waals surface area contributed by atoms with E-state index in [2.05, 4.69) is 50.0 Å². The molecule has 2 rings (SSSR count). The number of aliphatic imine (C=N–C) groups is 1. The molecule has 0 N–H and O–H groups in total. The molecule has 0 spiro atoms. The molecule has 0 aliphatic rings. The lowest BCUT2D eigenvalue weighted by Gasteiger charge is -2.35. The van der Waals surface area contributed by atoms with Gasteiger partial charge in [-0.1, -0.05) is 52.8 Å². The van der Waals surface area contributed by atoms with E-state index in [1.54, 1.807) is 14.2 Å². The molecule has 0 saturated carbocycles. The summed E-state index contributed by atoms with van der Waals surface area (Å²) in [6.07, 6.45) is 3.95. The van der Waals surface area contributed by atoms with Crippen LogP contribution in [0.3, 0.4) is 0 Å². The van der Waals surface area contributed by atoms with E-state index >= 15 is 0 Å². The van der Waals surface area contributed by atoms with Crippen molar-refractivity contribution in [2.24, 2.45) is 4.99 Å². The highest BCUT2D eigenvalue weighted by molar-refractivity contribution is 7.49. The Kier molecular flexibility index (Phi) is 8.47. The lowest BCUT2D eigenvalue weighted by atomic mass is 9.91. The first kappa shape index (κ1) is 22.4. The van der Waals surface area contributed by atoms with Crippen LogP contribution in [0.25, 0.3) is 0 Å². The Balaban J connectivity index is 2.63. The predicted molar refractivity (Wildman–Crippen MR) is 120 cm³/mol. The Morgan fingerprint density at radius 3 is 2.39 bits per heavy atom. The van der Waals surface area contributed by atoms with Crippen LogP contribution < -0.4 is 14.8 Å². The molecule has 0 fully saturated rings. The summed E-state index contributed by atoms with van der Waals surface area (Å²) in [6.45, 7) is 6.88. The fraction of sp³-hybridized carbons (Fsp3) is 0.435. The molecule has 2 aromatic rings. The second-order valence-electron chi connectivity index (χ2n) is 6.73. The topological polar surface area (TPSA) is 40.0 Å². The number of hydrogen-bond acceptors (Lipinski definition) is 4. The van der Waals surface area contributed by atoms with Crippen molar-refractivity contribution < 1.29 is 14.2 Å². The molecule has 0 saturated heterocycles. The van der Waals surface area contributed by atoms with Crippen LogP contribution in [0.1, 0.15) is 43.4 Å². The molecule has 0 aromatic heterocycles. The minimum Gasteiger partial charge on any atom is -0.493 e. The number of aryl methyl sites for hydroxylation is 1. The molecular formula is C23H32NO3P. The van der Waals surface area contributed by atoms with Gasteiger partial charge >= 0.3 is 0 Å². The molecule has 28 heavy (non-hydrogen) atoms. The summed E-state index contributed by atoms with van der Waals surface area (Å²) in [5, 5.41) is 1.30. The van der Waals surface area contributed by atoms with E-state index in [-0.39, 0.29) is 11.9 Å². The first-order valence-electron chi connectivity index (χ1n) is 9.66. The number of ether oxygens (including phenoxy) is 3. The van der Waals surface area contributed by atoms with E-state index in [0.717, 1.165) is 24.3 Å². The van der Waals surface area contributed by atoms with E-state index in [9.17, 15) is 0 Å². The van der Waals surface area contributed by atoms with Gasteiger partial charge < -0.3 is 14.2 Å². The van der Waals surface area contributed by atoms with E-state index < -0.39 is 0 Å². The van der Waals surface area contributed by atoms with Crippen LogP contribution in [0.15, 0.2) is 41.4 Å². The predicted octanol–water partition coefficient (Wildman–Crippen LogP) is 5.05. The highest BCUT2D eigenvalue weighted by Crippen LogP contribution is 2.52. The zero-order chi connectivity index (χ0) is 20.6. The maximum Gasteiger partial charge on any atom is 0.188 e. The highest BCUT2D eigenvalue weighted by atomic mass is 31.1. The van der Waals surface area contributed by atoms with E-state index in [0.29, 0.717) is 8.58 Å². The van der Waals surface area contributed by atoms with Crippen LogP contribution in [0.5, 0.6) is 11.5 Å². The van der Waals surface area contributed by atoms with Gasteiger partial charge in [-0.2, -0.15) is 0 Å². The number of hydrogen-bond donors (Lipinski definition) is 0. The molecule has 0 amide bonds. The van der Waals surface area contributed by atoms with Crippen molar-refractivity contribution in [3.05, 3.63) is 53.1 Å². The summed E-state index contributed by atoms with van der Waals surface area (Å²) in [5.74, 6) is 1.52. The first-order chi connectivity index (χ1) is 13.6. The van der Waals surface area contributed by atoms with Crippen LogP contribution in [-0.4, -0.2) is 34.3 Å². The Labute approximate surface area is 171 Å². The molecule has 0 aliphatic heterocycles. The number of para-hydroxylation sites is 1. The van der Waals surface area contributed by atoms with Gasteiger partial charge in [-0.25, -0.2) is 0 Å². The van der Waals surface area contributed by atoms with Gasteiger partial charge in [0.1, 0.15) is 0 Å². The van der Waals surface area contributed by atoms with Crippen LogP contribution in [-0.2, 0) is 9.89 Å². The molecular weight excluding hydrogens is 369 g/mol. The molecule has 0 heterocycles. The Bertz CT molecular complexity index is 800. The molecule has 1 atom stereocenters. The van der Waals surface area contributed by atoms with Crippen LogP contribution in [0, 0.1) is 6.92 Å². The number of nitrogens with zero attached hydrogens (tertiary/aromatic N) is 1. The molecule has 5 heteroatoms. The van der Waals surface area contributed by atoms with Crippen molar-refractivity contribution >= 4 is 20.1 Å². The maximum absolute atomic E-state index is 5.99. The smallest absolute Gasteiger partial charge is 0.188 e. The highest BCUT2D eigenvalue weighted by Gasteiger charge is 2.34. The molecule has 2 aromatic carbocycles. The largest absolute Gasteiger partial charge is 0.493 e. The van der Waals surface area contributed by atoms with Gasteiger partial charge in [0.25, 0.3) is 0 Å². The van der Waals surface area contributed by atoms with Crippen molar-refractivity contribution in [1.82, 2.24) is 0 Å². The Morgan fingerprint density at radius 2 is 1.79 bits per heavy atom. The fourth-order valence-electron chi connectivity index (χ4n) is 3.54. The average molecular weight is 401 g/mol. The third-order valence-corrected chi connectivity index (χ3v) is 7.57. The van der Waals surface area contributed by atoms with Gasteiger partial charge in [-0.15, -0.1) is 0 Å². The molecule has 0 bridgehead atoms. The van der Waals surface area contributed by atoms with E-state index in [4.69, 9.17) is 14.2 Å². The first-order valence-corrected chi connectivity index (χ1v) is 10.7. The Hall–Kier alpha value is -1.90. The van der Waals surface area contributed by atoms with Gasteiger partial charge in [0.2, 0.25) is 0 Å². The van der Waals surface area contributed by atoms with Gasteiger partial charge in [0.15, 0.2) is 18.3 Å². The van der Waals surface area contributed by atoms with Crippen molar-refractivity contribution in [3.8, 4) is 11.5 Å². The van der Waals surface area contributed by atoms with E-state index in [1.165, 1.54) is 22.0 Å². The third kappa shape index (κ3) is 4.74. The lowest BCUT2D eigenvalue weighted by Crippen LogP contribution is -2.25. The summed E-state index contributed by atoms with van der Waals surface area (Å²) >= 11 is 0. The average Bonchev–Trinajstić information content (AvgIpc) is 2.72. The van der Waals surface area contributed by atoms with Crippen LogP contribution in [0.2, 0.25) is 0 Å². The second kappa shape index (κ2) is 10.6. The monoisotopic (exact) mass is 401 g/mol. The second-order valence-corrected chi connectivity index (χ2v) is 8.44. The minimum absolute atomic E-state index is 0.0555. The normalized spacial score (nSPS) is 12.2. The van der Waals surface area contributed by atoms with Gasteiger partial charge in [-0.3, -0.25) is 4.99 Å². The van der Waals surface area contributed by atoms with Crippen molar-refractivity contribution in [2.75, 3.05) is 28.1 Å². The van der Waals surface area contributed by atoms with Crippen molar-refractivity contribution in [1.29, 1.82) is 0 Å². The number of benzene rings is 2. The summed E-state index contributed by atoms with van der Waals surface area (Å²) in [5.41, 5.74) is 3.66. The van der Waals surface area contributed by atoms with Crippen LogP contribution >= 0.6 is 8.58 Å². The zero-order valence-corrected chi connectivity index (χ0v) is 18.8. The van der Waals surface area contributed by atoms with Crippen molar-refractivity contribution in [3.63, 3.8) is 0 Å². The molecule has 152 valence electrons. The number of methoxy groups -OCH3 is 2.